The zero-order valence-electron chi connectivity index (χ0n) is 27.7. The summed E-state index contributed by atoms with van der Waals surface area (Å²) in [6.07, 6.45) is 13.3. The highest BCUT2D eigenvalue weighted by molar-refractivity contribution is 5.89. The molecule has 3 saturated heterocycles. The van der Waals surface area contributed by atoms with Gasteiger partial charge in [0, 0.05) is 19.4 Å². The molecule has 8 nitrogen and oxygen atoms in total. The lowest BCUT2D eigenvalue weighted by molar-refractivity contribution is -0.192. The van der Waals surface area contributed by atoms with E-state index in [1.165, 1.54) is 0 Å². The van der Waals surface area contributed by atoms with Gasteiger partial charge >= 0.3 is 6.09 Å². The van der Waals surface area contributed by atoms with Gasteiger partial charge in [-0.1, -0.05) is 49.8 Å². The number of ketones is 1. The van der Waals surface area contributed by atoms with Gasteiger partial charge in [0.2, 0.25) is 0 Å². The van der Waals surface area contributed by atoms with Crippen molar-refractivity contribution in [2.75, 3.05) is 19.8 Å². The van der Waals surface area contributed by atoms with Crippen molar-refractivity contribution < 1.29 is 34.0 Å². The molecule has 0 aromatic carbocycles. The molecular weight excluding hydrogens is 558 g/mol. The third-order valence-electron chi connectivity index (χ3n) is 10.4. The number of allylic oxidation sites excluding steroid dienone is 4. The maximum absolute atomic E-state index is 12.9. The molecule has 2 unspecified atom stereocenters. The normalized spacial score (nSPS) is 38.4. The molecule has 8 heteroatoms. The first-order chi connectivity index (χ1) is 20.8. The molecule has 1 spiro atoms. The van der Waals surface area contributed by atoms with Crippen molar-refractivity contribution in [3.63, 3.8) is 0 Å². The number of amides is 1. The van der Waals surface area contributed by atoms with E-state index in [1.807, 2.05) is 26.0 Å². The molecule has 2 N–H and O–H groups in total. The van der Waals surface area contributed by atoms with Crippen LogP contribution in [0.1, 0.15) is 86.5 Å². The zero-order valence-corrected chi connectivity index (χ0v) is 27.7. The van der Waals surface area contributed by atoms with Gasteiger partial charge in [0.15, 0.2) is 5.78 Å². The lowest BCUT2D eigenvalue weighted by Crippen LogP contribution is -2.56. The fourth-order valence-corrected chi connectivity index (χ4v) is 7.48. The van der Waals surface area contributed by atoms with Gasteiger partial charge < -0.3 is 29.3 Å². The first kappa shape index (κ1) is 34.6. The molecule has 0 bridgehead atoms. The van der Waals surface area contributed by atoms with Gasteiger partial charge in [-0.2, -0.15) is 0 Å². The van der Waals surface area contributed by atoms with E-state index in [9.17, 15) is 19.8 Å². The van der Waals surface area contributed by atoms with E-state index in [1.54, 1.807) is 24.0 Å². The van der Waals surface area contributed by atoms with Crippen LogP contribution >= 0.6 is 0 Å². The number of carbonyl (C=O) groups excluding carboxylic acids is 2. The zero-order chi connectivity index (χ0) is 32.2. The molecule has 4 aliphatic rings. The molecular formula is C36H55NO7. The summed E-state index contributed by atoms with van der Waals surface area (Å²) in [6, 6.07) is 0.0367. The summed E-state index contributed by atoms with van der Waals surface area (Å²) in [5, 5.41) is 20.6. The Morgan fingerprint density at radius 3 is 2.50 bits per heavy atom. The Hall–Kier alpha value is -2.26. The van der Waals surface area contributed by atoms with Crippen molar-refractivity contribution in [3.8, 4) is 0 Å². The number of epoxide rings is 1. The molecule has 1 amide bonds. The minimum absolute atomic E-state index is 0.0367. The van der Waals surface area contributed by atoms with E-state index in [0.29, 0.717) is 49.7 Å². The number of aliphatic hydroxyl groups is 2. The quantitative estimate of drug-likeness (QED) is 0.129. The molecule has 0 aromatic heterocycles. The van der Waals surface area contributed by atoms with Gasteiger partial charge in [-0.15, -0.1) is 0 Å². The summed E-state index contributed by atoms with van der Waals surface area (Å²) in [5.74, 6) is 1.91. The highest BCUT2D eigenvalue weighted by atomic mass is 16.6. The summed E-state index contributed by atoms with van der Waals surface area (Å²) in [5.41, 5.74) is 0.756. The summed E-state index contributed by atoms with van der Waals surface area (Å²) < 4.78 is 17.2. The van der Waals surface area contributed by atoms with Gasteiger partial charge in [-0.05, 0) is 95.6 Å². The minimum Gasteiger partial charge on any atom is -0.442 e. The topological polar surface area (TPSA) is 109 Å². The van der Waals surface area contributed by atoms with Gasteiger partial charge in [0.1, 0.15) is 23.9 Å². The second-order valence-corrected chi connectivity index (χ2v) is 14.5. The average Bonchev–Trinajstić information content (AvgIpc) is 3.54. The molecule has 4 fully saturated rings. The summed E-state index contributed by atoms with van der Waals surface area (Å²) in [6.45, 7) is 17.3. The average molecular weight is 614 g/mol. The van der Waals surface area contributed by atoms with Crippen molar-refractivity contribution in [1.82, 2.24) is 4.90 Å². The van der Waals surface area contributed by atoms with Crippen molar-refractivity contribution in [2.24, 2.45) is 23.7 Å². The molecule has 10 atom stereocenters. The van der Waals surface area contributed by atoms with Crippen LogP contribution in [0.25, 0.3) is 0 Å². The molecule has 1 saturated carbocycles. The third-order valence-corrected chi connectivity index (χ3v) is 10.4. The number of carbonyl (C=O) groups is 2. The highest BCUT2D eigenvalue weighted by Gasteiger charge is 2.61. The maximum Gasteiger partial charge on any atom is 0.410 e. The van der Waals surface area contributed by atoms with Gasteiger partial charge in [0.25, 0.3) is 0 Å². The summed E-state index contributed by atoms with van der Waals surface area (Å²) in [7, 11) is 0. The van der Waals surface area contributed by atoms with Crippen LogP contribution in [0.15, 0.2) is 48.1 Å². The minimum atomic E-state index is -0.748. The van der Waals surface area contributed by atoms with Crippen LogP contribution in [-0.2, 0) is 19.0 Å². The van der Waals surface area contributed by atoms with Crippen LogP contribution in [-0.4, -0.2) is 82.3 Å². The Bertz CT molecular complexity index is 1140. The van der Waals surface area contributed by atoms with E-state index in [0.717, 1.165) is 43.3 Å². The van der Waals surface area contributed by atoms with E-state index >= 15 is 0 Å². The Kier molecular flexibility index (Phi) is 11.4. The second kappa shape index (κ2) is 14.4. The van der Waals surface area contributed by atoms with Crippen LogP contribution < -0.4 is 0 Å². The number of hydrogen-bond donors (Lipinski definition) is 2. The molecule has 246 valence electrons. The van der Waals surface area contributed by atoms with Gasteiger partial charge in [-0.3, -0.25) is 4.79 Å². The molecule has 0 radical (unpaired) electrons. The first-order valence-corrected chi connectivity index (χ1v) is 16.5. The number of likely N-dealkylation sites (tertiary alicyclic amines) is 1. The fourth-order valence-electron chi connectivity index (χ4n) is 7.48. The van der Waals surface area contributed by atoms with Crippen LogP contribution in [0.4, 0.5) is 4.79 Å². The summed E-state index contributed by atoms with van der Waals surface area (Å²) in [4.78, 5) is 27.2. The Balaban J connectivity index is 1.22. The third kappa shape index (κ3) is 8.51. The van der Waals surface area contributed by atoms with E-state index in [-0.39, 0.29) is 24.5 Å². The Morgan fingerprint density at radius 2 is 1.84 bits per heavy atom. The van der Waals surface area contributed by atoms with Crippen molar-refractivity contribution in [1.29, 1.82) is 0 Å². The largest absolute Gasteiger partial charge is 0.442 e. The number of hydrogen-bond acceptors (Lipinski definition) is 7. The van der Waals surface area contributed by atoms with E-state index in [2.05, 4.69) is 33.4 Å². The van der Waals surface area contributed by atoms with Crippen molar-refractivity contribution >= 4 is 11.9 Å². The summed E-state index contributed by atoms with van der Waals surface area (Å²) >= 11 is 0. The Morgan fingerprint density at radius 1 is 1.16 bits per heavy atom. The number of aliphatic hydroxyl groups excluding tert-OH is 2. The Labute approximate surface area is 264 Å². The first-order valence-electron chi connectivity index (χ1n) is 16.5. The fraction of sp³-hybridized carbons (Fsp3) is 0.722. The molecule has 44 heavy (non-hydrogen) atoms. The lowest BCUT2D eigenvalue weighted by Gasteiger charge is -2.42. The SMILES string of the molecule is C=C(C)C1CCCN1C(=O)O[C@@H](C)/C=C\C(=O)C[C@@H]1C[C@H](C)[C@H](C/C=C(C)/C=C/C2O[C@](C)(CO)C[C@@]3(CO3)[C@@H]2O)C[C@@H]1C. The molecule has 3 heterocycles. The number of ether oxygens (including phenoxy) is 3. The van der Waals surface area contributed by atoms with Crippen LogP contribution in [0.5, 0.6) is 0 Å². The maximum atomic E-state index is 12.9. The molecule has 4 rings (SSSR count). The predicted molar refractivity (Wildman–Crippen MR) is 171 cm³/mol. The lowest BCUT2D eigenvalue weighted by atomic mass is 9.67. The highest BCUT2D eigenvalue weighted by Crippen LogP contribution is 2.46. The second-order valence-electron chi connectivity index (χ2n) is 14.5. The predicted octanol–water partition coefficient (Wildman–Crippen LogP) is 5.93. The molecule has 1 aliphatic carbocycles. The standard InChI is InChI=1S/C36H55NO7/c1-23(2)31-9-8-16-37(31)34(41)43-27(6)12-14-30(39)19-29-18-25(4)28(17-26(29)5)13-10-24(3)11-15-32-33(40)36(22-42-36)20-35(7,21-38)44-32/h10-12,14-15,25-29,31-33,38,40H,1,8-9,13,16-22H2,2-7H3/b14-12-,15-11+,24-10+/t25-,26-,27-,28+,29-,31?,32?,33+,35-,36+/m0/s1. The van der Waals surface area contributed by atoms with Gasteiger partial charge in [0.05, 0.1) is 24.9 Å². The molecule has 3 aliphatic heterocycles. The van der Waals surface area contributed by atoms with Crippen LogP contribution in [0.2, 0.25) is 0 Å². The van der Waals surface area contributed by atoms with Crippen LogP contribution in [0, 0.1) is 23.7 Å². The van der Waals surface area contributed by atoms with Gasteiger partial charge in [-0.25, -0.2) is 4.79 Å². The molecule has 0 aromatic rings. The smallest absolute Gasteiger partial charge is 0.410 e. The van der Waals surface area contributed by atoms with Crippen molar-refractivity contribution in [2.45, 2.75) is 122 Å². The number of nitrogens with zero attached hydrogens (tertiary/aromatic N) is 1. The van der Waals surface area contributed by atoms with E-state index < -0.39 is 29.5 Å². The monoisotopic (exact) mass is 613 g/mol. The van der Waals surface area contributed by atoms with Crippen LogP contribution in [0.3, 0.4) is 0 Å². The number of rotatable bonds is 11. The van der Waals surface area contributed by atoms with Crippen molar-refractivity contribution in [3.05, 3.63) is 48.1 Å². The van der Waals surface area contributed by atoms with E-state index in [4.69, 9.17) is 14.2 Å².